The minimum Gasteiger partial charge on any atom is -0.368 e. The van der Waals surface area contributed by atoms with E-state index in [9.17, 15) is 0 Å². The highest BCUT2D eigenvalue weighted by Crippen LogP contribution is 2.12. The first-order valence-corrected chi connectivity index (χ1v) is 6.15. The molecule has 1 heterocycles. The Hall–Kier alpha value is -1.30. The Balaban J connectivity index is 2.65. The summed E-state index contributed by atoms with van der Waals surface area (Å²) < 4.78 is 0. The average molecular weight is 239 g/mol. The van der Waals surface area contributed by atoms with Gasteiger partial charge in [-0.3, -0.25) is 0 Å². The van der Waals surface area contributed by atoms with Gasteiger partial charge in [-0.15, -0.1) is 11.8 Å². The quantitative estimate of drug-likeness (QED) is 0.617. The normalized spacial score (nSPS) is 10.9. The van der Waals surface area contributed by atoms with E-state index in [-0.39, 0.29) is 5.95 Å². The van der Waals surface area contributed by atoms with Crippen LogP contribution in [0.3, 0.4) is 0 Å². The summed E-state index contributed by atoms with van der Waals surface area (Å²) in [4.78, 5) is 14.3. The van der Waals surface area contributed by atoms with Crippen LogP contribution in [0.2, 0.25) is 0 Å². The number of thioether (sulfide) groups is 1. The summed E-state index contributed by atoms with van der Waals surface area (Å²) in [6.45, 7) is 2.01. The second kappa shape index (κ2) is 6.32. The van der Waals surface area contributed by atoms with Crippen LogP contribution in [0, 0.1) is 0 Å². The van der Waals surface area contributed by atoms with Crippen LogP contribution in [-0.2, 0) is 5.75 Å². The fourth-order valence-corrected chi connectivity index (χ4v) is 1.76. The molecule has 0 unspecified atom stereocenters. The van der Waals surface area contributed by atoms with Gasteiger partial charge < -0.3 is 10.6 Å². The fourth-order valence-electron chi connectivity index (χ4n) is 1.00. The summed E-state index contributed by atoms with van der Waals surface area (Å²) in [6, 6.07) is 0. The van der Waals surface area contributed by atoms with Crippen molar-refractivity contribution in [1.82, 2.24) is 15.0 Å². The van der Waals surface area contributed by atoms with Crippen LogP contribution in [0.5, 0.6) is 0 Å². The van der Waals surface area contributed by atoms with E-state index in [0.29, 0.717) is 5.95 Å². The van der Waals surface area contributed by atoms with Gasteiger partial charge in [0, 0.05) is 19.8 Å². The summed E-state index contributed by atoms with van der Waals surface area (Å²) in [6.07, 6.45) is 4.13. The summed E-state index contributed by atoms with van der Waals surface area (Å²) in [5, 5.41) is 0. The molecule has 2 N–H and O–H groups in total. The maximum Gasteiger partial charge on any atom is 0.229 e. The van der Waals surface area contributed by atoms with Crippen LogP contribution in [0.1, 0.15) is 12.7 Å². The van der Waals surface area contributed by atoms with E-state index >= 15 is 0 Å². The van der Waals surface area contributed by atoms with Gasteiger partial charge in [-0.05, 0) is 6.92 Å². The predicted molar refractivity (Wildman–Crippen MR) is 69.5 cm³/mol. The molecular weight excluding hydrogens is 222 g/mol. The highest BCUT2D eigenvalue weighted by atomic mass is 32.2. The molecule has 1 aromatic heterocycles. The van der Waals surface area contributed by atoms with Crippen molar-refractivity contribution in [3.63, 3.8) is 0 Å². The number of hydrogen-bond donors (Lipinski definition) is 1. The van der Waals surface area contributed by atoms with Gasteiger partial charge in [-0.2, -0.15) is 15.0 Å². The van der Waals surface area contributed by atoms with E-state index in [4.69, 9.17) is 5.73 Å². The maximum atomic E-state index is 5.62. The van der Waals surface area contributed by atoms with E-state index in [1.807, 2.05) is 32.0 Å². The smallest absolute Gasteiger partial charge is 0.229 e. The van der Waals surface area contributed by atoms with Crippen molar-refractivity contribution in [3.05, 3.63) is 18.0 Å². The standard InChI is InChI=1S/C10H17N5S/c1-4-5-6-16-7-8-12-9(11)14-10(13-8)15(2)3/h4-5H,6-7H2,1-3H3,(H2,11,12,13,14). The third-order valence-corrected chi connectivity index (χ3v) is 2.66. The van der Waals surface area contributed by atoms with Gasteiger partial charge in [0.2, 0.25) is 11.9 Å². The van der Waals surface area contributed by atoms with E-state index < -0.39 is 0 Å². The molecule has 0 amide bonds. The van der Waals surface area contributed by atoms with Crippen molar-refractivity contribution in [1.29, 1.82) is 0 Å². The Kier molecular flexibility index (Phi) is 5.04. The molecule has 0 fully saturated rings. The molecule has 0 aliphatic heterocycles. The first kappa shape index (κ1) is 12.8. The lowest BCUT2D eigenvalue weighted by atomic mass is 10.6. The zero-order valence-electron chi connectivity index (χ0n) is 9.84. The number of nitrogens with two attached hydrogens (primary N) is 1. The third kappa shape index (κ3) is 4.06. The van der Waals surface area contributed by atoms with Crippen LogP contribution >= 0.6 is 11.8 Å². The average Bonchev–Trinajstić information content (AvgIpc) is 2.23. The zero-order valence-corrected chi connectivity index (χ0v) is 10.7. The first-order valence-electron chi connectivity index (χ1n) is 5.00. The van der Waals surface area contributed by atoms with E-state index in [2.05, 4.69) is 21.0 Å². The van der Waals surface area contributed by atoms with E-state index in [1.54, 1.807) is 11.8 Å². The Labute approximate surface area is 100 Å². The zero-order chi connectivity index (χ0) is 12.0. The van der Waals surface area contributed by atoms with Crippen LogP contribution in [0.4, 0.5) is 11.9 Å². The van der Waals surface area contributed by atoms with Gasteiger partial charge in [-0.1, -0.05) is 12.2 Å². The van der Waals surface area contributed by atoms with Gasteiger partial charge in [0.05, 0.1) is 5.75 Å². The number of allylic oxidation sites excluding steroid dienone is 1. The summed E-state index contributed by atoms with van der Waals surface area (Å²) in [5.74, 6) is 3.32. The molecule has 88 valence electrons. The van der Waals surface area contributed by atoms with Gasteiger partial charge in [-0.25, -0.2) is 0 Å². The second-order valence-corrected chi connectivity index (χ2v) is 4.42. The van der Waals surface area contributed by atoms with Crippen molar-refractivity contribution in [2.24, 2.45) is 0 Å². The highest BCUT2D eigenvalue weighted by Gasteiger charge is 2.05. The third-order valence-electron chi connectivity index (χ3n) is 1.77. The van der Waals surface area contributed by atoms with Crippen molar-refractivity contribution < 1.29 is 0 Å². The van der Waals surface area contributed by atoms with Crippen LogP contribution in [-0.4, -0.2) is 34.8 Å². The number of rotatable bonds is 5. The molecule has 0 aliphatic rings. The molecule has 1 aromatic rings. The fraction of sp³-hybridized carbons (Fsp3) is 0.500. The Morgan fingerprint density at radius 3 is 2.69 bits per heavy atom. The predicted octanol–water partition coefficient (Wildman–Crippen LogP) is 1.33. The molecule has 0 atom stereocenters. The first-order chi connectivity index (χ1) is 7.63. The van der Waals surface area contributed by atoms with E-state index in [1.165, 1.54) is 0 Å². The molecule has 6 heteroatoms. The molecule has 16 heavy (non-hydrogen) atoms. The SMILES string of the molecule is CC=CCSCc1nc(N)nc(N(C)C)n1. The molecule has 0 saturated carbocycles. The van der Waals surface area contributed by atoms with Gasteiger partial charge in [0.25, 0.3) is 0 Å². The summed E-state index contributed by atoms with van der Waals surface area (Å²) >= 11 is 1.75. The molecule has 1 rings (SSSR count). The molecule has 0 saturated heterocycles. The molecule has 0 aliphatic carbocycles. The molecule has 0 spiro atoms. The van der Waals surface area contributed by atoms with Crippen molar-refractivity contribution in [2.75, 3.05) is 30.5 Å². The van der Waals surface area contributed by atoms with Gasteiger partial charge in [0.1, 0.15) is 5.82 Å². The van der Waals surface area contributed by atoms with Crippen molar-refractivity contribution in [3.8, 4) is 0 Å². The minimum atomic E-state index is 0.278. The monoisotopic (exact) mass is 239 g/mol. The number of nitrogen functional groups attached to an aromatic ring is 1. The molecule has 0 bridgehead atoms. The second-order valence-electron chi connectivity index (χ2n) is 3.39. The van der Waals surface area contributed by atoms with E-state index in [0.717, 1.165) is 17.3 Å². The van der Waals surface area contributed by atoms with Crippen LogP contribution in [0.15, 0.2) is 12.2 Å². The maximum absolute atomic E-state index is 5.62. The minimum absolute atomic E-state index is 0.278. The highest BCUT2D eigenvalue weighted by molar-refractivity contribution is 7.98. The van der Waals surface area contributed by atoms with Crippen LogP contribution in [0.25, 0.3) is 0 Å². The summed E-state index contributed by atoms with van der Waals surface area (Å²) in [5.41, 5.74) is 5.62. The Morgan fingerprint density at radius 1 is 1.31 bits per heavy atom. The molecule has 5 nitrogen and oxygen atoms in total. The summed E-state index contributed by atoms with van der Waals surface area (Å²) in [7, 11) is 3.76. The van der Waals surface area contributed by atoms with Gasteiger partial charge in [0.15, 0.2) is 0 Å². The van der Waals surface area contributed by atoms with Crippen molar-refractivity contribution >= 4 is 23.7 Å². The molecule has 0 radical (unpaired) electrons. The number of nitrogens with zero attached hydrogens (tertiary/aromatic N) is 4. The van der Waals surface area contributed by atoms with Crippen molar-refractivity contribution in [2.45, 2.75) is 12.7 Å². The Morgan fingerprint density at radius 2 is 2.06 bits per heavy atom. The molecule has 0 aromatic carbocycles. The lowest BCUT2D eigenvalue weighted by Gasteiger charge is -2.10. The van der Waals surface area contributed by atoms with Crippen LogP contribution < -0.4 is 10.6 Å². The number of anilines is 2. The Bertz CT molecular complexity index is 364. The number of aromatic nitrogens is 3. The lowest BCUT2D eigenvalue weighted by molar-refractivity contribution is 0.919. The largest absolute Gasteiger partial charge is 0.368 e. The topological polar surface area (TPSA) is 67.9 Å². The molecular formula is C10H17N5S. The number of hydrogen-bond acceptors (Lipinski definition) is 6. The van der Waals surface area contributed by atoms with Gasteiger partial charge >= 0.3 is 0 Å². The lowest BCUT2D eigenvalue weighted by Crippen LogP contribution is -2.15.